The molecule has 1 aliphatic rings. The lowest BCUT2D eigenvalue weighted by atomic mass is 10.3. The third kappa shape index (κ3) is 4.18. The monoisotopic (exact) mass is 219 g/mol. The van der Waals surface area contributed by atoms with Gasteiger partial charge in [-0.1, -0.05) is 6.08 Å². The molecule has 0 unspecified atom stereocenters. The van der Waals surface area contributed by atoms with Crippen molar-refractivity contribution >= 4 is 5.78 Å². The SMILES string of the molecule is O=C(/C=C/C=C/N1CCCC1)C(F)(F)F. The first kappa shape index (κ1) is 11.8. The maximum absolute atomic E-state index is 11.7. The molecule has 15 heavy (non-hydrogen) atoms. The highest BCUT2D eigenvalue weighted by atomic mass is 19.4. The highest BCUT2D eigenvalue weighted by Crippen LogP contribution is 2.16. The van der Waals surface area contributed by atoms with E-state index in [4.69, 9.17) is 0 Å². The summed E-state index contributed by atoms with van der Waals surface area (Å²) in [5.74, 6) is -1.83. The summed E-state index contributed by atoms with van der Waals surface area (Å²) in [6.45, 7) is 1.86. The number of alkyl halides is 3. The van der Waals surface area contributed by atoms with Gasteiger partial charge < -0.3 is 4.90 Å². The van der Waals surface area contributed by atoms with Gasteiger partial charge >= 0.3 is 6.18 Å². The van der Waals surface area contributed by atoms with E-state index in [0.717, 1.165) is 32.0 Å². The molecule has 0 aromatic heterocycles. The number of halogens is 3. The Kier molecular flexibility index (Phi) is 3.94. The van der Waals surface area contributed by atoms with Crippen LogP contribution in [-0.2, 0) is 4.79 Å². The van der Waals surface area contributed by atoms with Gasteiger partial charge in [-0.3, -0.25) is 4.79 Å². The normalized spacial score (nSPS) is 18.2. The second-order valence-corrected chi connectivity index (χ2v) is 3.31. The third-order valence-corrected chi connectivity index (χ3v) is 2.08. The smallest absolute Gasteiger partial charge is 0.377 e. The summed E-state index contributed by atoms with van der Waals surface area (Å²) in [5.41, 5.74) is 0. The van der Waals surface area contributed by atoms with Crippen LogP contribution in [0.3, 0.4) is 0 Å². The average Bonchev–Trinajstić information content (AvgIpc) is 2.63. The van der Waals surface area contributed by atoms with Crippen LogP contribution >= 0.6 is 0 Å². The van der Waals surface area contributed by atoms with Gasteiger partial charge in [0.15, 0.2) is 0 Å². The number of allylic oxidation sites excluding steroid dienone is 3. The molecule has 0 bridgehead atoms. The molecule has 1 rings (SSSR count). The number of rotatable bonds is 3. The lowest BCUT2D eigenvalue weighted by Gasteiger charge is -2.08. The van der Waals surface area contributed by atoms with E-state index in [1.54, 1.807) is 6.20 Å². The largest absolute Gasteiger partial charge is 0.454 e. The average molecular weight is 219 g/mol. The topological polar surface area (TPSA) is 20.3 Å². The molecule has 0 amide bonds. The van der Waals surface area contributed by atoms with Crippen LogP contribution in [-0.4, -0.2) is 29.9 Å². The van der Waals surface area contributed by atoms with Crippen molar-refractivity contribution in [2.24, 2.45) is 0 Å². The summed E-state index contributed by atoms with van der Waals surface area (Å²) in [5, 5.41) is 0. The lowest BCUT2D eigenvalue weighted by molar-refractivity contribution is -0.165. The van der Waals surface area contributed by atoms with E-state index in [9.17, 15) is 18.0 Å². The van der Waals surface area contributed by atoms with E-state index in [-0.39, 0.29) is 0 Å². The van der Waals surface area contributed by atoms with E-state index in [1.165, 1.54) is 6.08 Å². The Morgan fingerprint density at radius 1 is 1.13 bits per heavy atom. The Bertz CT molecular complexity index is 275. The number of carbonyl (C=O) groups excluding carboxylic acids is 1. The Hall–Kier alpha value is -1.26. The number of ketones is 1. The van der Waals surface area contributed by atoms with Crippen LogP contribution in [0.25, 0.3) is 0 Å². The van der Waals surface area contributed by atoms with E-state index in [1.807, 2.05) is 4.90 Å². The number of carbonyl (C=O) groups is 1. The molecule has 0 aromatic carbocycles. The second kappa shape index (κ2) is 5.00. The lowest BCUT2D eigenvalue weighted by Crippen LogP contribution is -2.19. The minimum atomic E-state index is -4.77. The van der Waals surface area contributed by atoms with Gasteiger partial charge in [0.2, 0.25) is 0 Å². The van der Waals surface area contributed by atoms with Crippen LogP contribution in [0.5, 0.6) is 0 Å². The van der Waals surface area contributed by atoms with Crippen molar-refractivity contribution in [1.82, 2.24) is 4.90 Å². The molecule has 1 saturated heterocycles. The predicted octanol–water partition coefficient (Wildman–Crippen LogP) is 2.28. The van der Waals surface area contributed by atoms with Crippen molar-refractivity contribution in [3.63, 3.8) is 0 Å². The molecule has 5 heteroatoms. The van der Waals surface area contributed by atoms with Gasteiger partial charge in [-0.05, 0) is 31.2 Å². The molecule has 1 aliphatic heterocycles. The summed E-state index contributed by atoms with van der Waals surface area (Å²) in [6.07, 6.45) is 2.26. The Morgan fingerprint density at radius 3 is 2.27 bits per heavy atom. The van der Waals surface area contributed by atoms with Gasteiger partial charge in [-0.2, -0.15) is 13.2 Å². The molecular weight excluding hydrogens is 207 g/mol. The second-order valence-electron chi connectivity index (χ2n) is 3.31. The van der Waals surface area contributed by atoms with Crippen molar-refractivity contribution in [3.05, 3.63) is 24.4 Å². The molecule has 1 heterocycles. The molecule has 0 radical (unpaired) electrons. The van der Waals surface area contributed by atoms with Gasteiger partial charge in [0.05, 0.1) is 0 Å². The van der Waals surface area contributed by atoms with Crippen LogP contribution < -0.4 is 0 Å². The van der Waals surface area contributed by atoms with Gasteiger partial charge in [0.1, 0.15) is 0 Å². The van der Waals surface area contributed by atoms with Crippen LogP contribution in [0.1, 0.15) is 12.8 Å². The molecule has 0 atom stereocenters. The first-order valence-corrected chi connectivity index (χ1v) is 4.70. The van der Waals surface area contributed by atoms with Gasteiger partial charge in [-0.25, -0.2) is 0 Å². The zero-order valence-electron chi connectivity index (χ0n) is 8.13. The van der Waals surface area contributed by atoms with Crippen molar-refractivity contribution < 1.29 is 18.0 Å². The summed E-state index contributed by atoms with van der Waals surface area (Å²) >= 11 is 0. The minimum absolute atomic E-state index is 0.534. The van der Waals surface area contributed by atoms with Crippen LogP contribution in [0.4, 0.5) is 13.2 Å². The summed E-state index contributed by atoms with van der Waals surface area (Å²) in [6, 6.07) is 0. The molecular formula is C10H12F3NO. The highest BCUT2D eigenvalue weighted by Gasteiger charge is 2.35. The summed E-state index contributed by atoms with van der Waals surface area (Å²) in [7, 11) is 0. The maximum Gasteiger partial charge on any atom is 0.454 e. The van der Waals surface area contributed by atoms with Crippen LogP contribution in [0.15, 0.2) is 24.4 Å². The van der Waals surface area contributed by atoms with Crippen molar-refractivity contribution in [2.45, 2.75) is 19.0 Å². The quantitative estimate of drug-likeness (QED) is 0.536. The fourth-order valence-corrected chi connectivity index (χ4v) is 1.30. The zero-order valence-corrected chi connectivity index (χ0v) is 8.13. The summed E-state index contributed by atoms with van der Waals surface area (Å²) in [4.78, 5) is 12.4. The Balaban J connectivity index is 2.35. The molecule has 0 spiro atoms. The fourth-order valence-electron chi connectivity index (χ4n) is 1.30. The molecule has 0 aliphatic carbocycles. The van der Waals surface area contributed by atoms with Gasteiger partial charge in [0, 0.05) is 13.1 Å². The zero-order chi connectivity index (χ0) is 11.3. The Morgan fingerprint density at radius 2 is 1.73 bits per heavy atom. The molecule has 84 valence electrons. The van der Waals surface area contributed by atoms with Crippen molar-refractivity contribution in [2.75, 3.05) is 13.1 Å². The Labute approximate surface area is 86.1 Å². The summed E-state index contributed by atoms with van der Waals surface area (Å²) < 4.78 is 35.2. The standard InChI is InChI=1S/C10H12F3NO/c11-10(12,13)9(15)5-1-2-6-14-7-3-4-8-14/h1-2,5-6H,3-4,7-8H2/b5-1+,6-2+. The molecule has 0 saturated carbocycles. The predicted molar refractivity (Wildman–Crippen MR) is 50.1 cm³/mol. The third-order valence-electron chi connectivity index (χ3n) is 2.08. The van der Waals surface area contributed by atoms with Gasteiger partial charge in [0.25, 0.3) is 5.78 Å². The molecule has 1 fully saturated rings. The molecule has 0 N–H and O–H groups in total. The molecule has 0 aromatic rings. The number of hydrogen-bond donors (Lipinski definition) is 0. The number of hydrogen-bond acceptors (Lipinski definition) is 2. The van der Waals surface area contributed by atoms with Crippen molar-refractivity contribution in [3.8, 4) is 0 Å². The first-order chi connectivity index (χ1) is 7.00. The highest BCUT2D eigenvalue weighted by molar-refractivity contribution is 5.94. The molecule has 2 nitrogen and oxygen atoms in total. The van der Waals surface area contributed by atoms with Crippen LogP contribution in [0, 0.1) is 0 Å². The number of likely N-dealkylation sites (tertiary alicyclic amines) is 1. The van der Waals surface area contributed by atoms with Crippen LogP contribution in [0.2, 0.25) is 0 Å². The first-order valence-electron chi connectivity index (χ1n) is 4.70. The fraction of sp³-hybridized carbons (Fsp3) is 0.500. The van der Waals surface area contributed by atoms with E-state index < -0.39 is 12.0 Å². The minimum Gasteiger partial charge on any atom is -0.377 e. The van der Waals surface area contributed by atoms with Crippen molar-refractivity contribution in [1.29, 1.82) is 0 Å². The van der Waals surface area contributed by atoms with Gasteiger partial charge in [-0.15, -0.1) is 0 Å². The maximum atomic E-state index is 11.7. The number of nitrogens with zero attached hydrogens (tertiary/aromatic N) is 1. The van der Waals surface area contributed by atoms with E-state index in [2.05, 4.69) is 0 Å². The van der Waals surface area contributed by atoms with E-state index >= 15 is 0 Å². The van der Waals surface area contributed by atoms with E-state index in [0.29, 0.717) is 6.08 Å².